The lowest BCUT2D eigenvalue weighted by Crippen LogP contribution is -2.37. The quantitative estimate of drug-likeness (QED) is 0.204. The lowest BCUT2D eigenvalue weighted by molar-refractivity contribution is -0.146. The molecule has 1 fully saturated rings. The molecule has 1 unspecified atom stereocenters. The van der Waals surface area contributed by atoms with Crippen molar-refractivity contribution in [1.82, 2.24) is 14.5 Å². The predicted molar refractivity (Wildman–Crippen MR) is 173 cm³/mol. The lowest BCUT2D eigenvalue weighted by Gasteiger charge is -2.26. The van der Waals surface area contributed by atoms with Crippen molar-refractivity contribution in [3.05, 3.63) is 70.9 Å². The van der Waals surface area contributed by atoms with Crippen LogP contribution in [0.1, 0.15) is 71.2 Å². The third-order valence-corrected chi connectivity index (χ3v) is 9.14. The number of aromatic nitrogens is 2. The molecule has 228 valence electrons. The van der Waals surface area contributed by atoms with Gasteiger partial charge < -0.3 is 19.3 Å². The Morgan fingerprint density at radius 2 is 1.84 bits per heavy atom. The Kier molecular flexibility index (Phi) is 8.70. The van der Waals surface area contributed by atoms with Crippen LogP contribution in [0, 0.1) is 10.8 Å². The molecule has 0 saturated carbocycles. The number of aliphatic carboxylic acids is 1. The van der Waals surface area contributed by atoms with Gasteiger partial charge in [0.25, 0.3) is 0 Å². The number of benzene rings is 2. The molecule has 2 aromatic heterocycles. The maximum absolute atomic E-state index is 12.3. The van der Waals surface area contributed by atoms with Gasteiger partial charge in [-0.3, -0.25) is 9.59 Å². The summed E-state index contributed by atoms with van der Waals surface area (Å²) >= 11 is 1.62. The van der Waals surface area contributed by atoms with Crippen LogP contribution in [0.3, 0.4) is 0 Å². The van der Waals surface area contributed by atoms with Crippen LogP contribution in [0.4, 0.5) is 0 Å². The highest BCUT2D eigenvalue weighted by Crippen LogP contribution is 2.37. The van der Waals surface area contributed by atoms with Crippen LogP contribution >= 0.6 is 11.3 Å². The molecule has 0 spiro atoms. The van der Waals surface area contributed by atoms with E-state index >= 15 is 0 Å². The van der Waals surface area contributed by atoms with Crippen LogP contribution in [0.5, 0.6) is 5.75 Å². The van der Waals surface area contributed by atoms with E-state index < -0.39 is 11.4 Å². The molecule has 1 amide bonds. The van der Waals surface area contributed by atoms with E-state index in [0.29, 0.717) is 19.4 Å². The number of ether oxygens (including phenoxy) is 1. The summed E-state index contributed by atoms with van der Waals surface area (Å²) < 4.78 is 8.64. The minimum atomic E-state index is -0.939. The van der Waals surface area contributed by atoms with Crippen LogP contribution in [-0.4, -0.2) is 50.6 Å². The van der Waals surface area contributed by atoms with E-state index in [-0.39, 0.29) is 17.4 Å². The molecule has 4 aromatic rings. The van der Waals surface area contributed by atoms with Gasteiger partial charge in [-0.15, -0.1) is 11.3 Å². The second-order valence-corrected chi connectivity index (χ2v) is 14.5. The maximum atomic E-state index is 12.3. The van der Waals surface area contributed by atoms with Gasteiger partial charge in [0.1, 0.15) is 17.4 Å². The fourth-order valence-electron chi connectivity index (χ4n) is 6.04. The van der Waals surface area contributed by atoms with Crippen molar-refractivity contribution in [3.8, 4) is 16.3 Å². The number of carbonyl (C=O) groups excluding carboxylic acids is 1. The van der Waals surface area contributed by atoms with Gasteiger partial charge >= 0.3 is 5.97 Å². The zero-order valence-electron chi connectivity index (χ0n) is 26.1. The van der Waals surface area contributed by atoms with E-state index in [1.54, 1.807) is 32.1 Å². The first-order valence-corrected chi connectivity index (χ1v) is 16.0. The summed E-state index contributed by atoms with van der Waals surface area (Å²) in [7, 11) is 0. The number of carbonyl (C=O) groups is 2. The second-order valence-electron chi connectivity index (χ2n) is 13.6. The molecule has 0 bridgehead atoms. The van der Waals surface area contributed by atoms with Crippen molar-refractivity contribution in [1.29, 1.82) is 0 Å². The molecule has 2 aromatic carbocycles. The number of hydrogen-bond donors (Lipinski definition) is 1. The average Bonchev–Trinajstić information content (AvgIpc) is 3.69. The largest absolute Gasteiger partial charge is 0.491 e. The van der Waals surface area contributed by atoms with Gasteiger partial charge in [0, 0.05) is 60.7 Å². The van der Waals surface area contributed by atoms with Crippen molar-refractivity contribution >= 4 is 34.1 Å². The SMILES string of the molecule is CC(=O)N1CCCC1COc1ccc2c(Cc3ccc(-c4nccs4)cc3)c(CC(C)(C)C(=O)O)n(CC(C)(C)C)c2c1. The summed E-state index contributed by atoms with van der Waals surface area (Å²) in [6, 6.07) is 14.8. The molecule has 5 rings (SSSR count). The third-order valence-electron chi connectivity index (χ3n) is 8.32. The normalized spacial score (nSPS) is 15.8. The fraction of sp³-hybridized carbons (Fsp3) is 0.457. The average molecular weight is 602 g/mol. The monoisotopic (exact) mass is 601 g/mol. The van der Waals surface area contributed by atoms with Gasteiger partial charge in [-0.1, -0.05) is 45.0 Å². The minimum absolute atomic E-state index is 0.0383. The van der Waals surface area contributed by atoms with Crippen LogP contribution in [-0.2, 0) is 29.0 Å². The highest BCUT2D eigenvalue weighted by molar-refractivity contribution is 7.13. The first-order valence-electron chi connectivity index (χ1n) is 15.1. The molecule has 8 heteroatoms. The second kappa shape index (κ2) is 12.2. The summed E-state index contributed by atoms with van der Waals surface area (Å²) in [5, 5.41) is 14.2. The van der Waals surface area contributed by atoms with Gasteiger partial charge in [-0.05, 0) is 61.8 Å². The first-order chi connectivity index (χ1) is 20.3. The molecule has 1 N–H and O–H groups in total. The lowest BCUT2D eigenvalue weighted by atomic mass is 9.85. The standard InChI is InChI=1S/C35H43N3O4S/c1-23(39)37-16-7-8-26(37)21-42-27-13-14-28-29(18-24-9-11-25(12-10-24)32-36-15-17-43-32)31(20-35(5,6)33(40)41)38(30(28)19-27)22-34(2,3)4/h9-15,17,19,26H,7-8,16,18,20-22H2,1-6H3,(H,40,41). The van der Waals surface area contributed by atoms with E-state index in [2.05, 4.69) is 66.7 Å². The number of nitrogens with zero attached hydrogens (tertiary/aromatic N) is 3. The number of carboxylic acid groups (broad SMARTS) is 1. The van der Waals surface area contributed by atoms with Gasteiger partial charge in [-0.2, -0.15) is 0 Å². The van der Waals surface area contributed by atoms with Gasteiger partial charge in [0.15, 0.2) is 0 Å². The van der Waals surface area contributed by atoms with Crippen molar-refractivity contribution in [2.75, 3.05) is 13.2 Å². The number of fused-ring (bicyclic) bond motifs is 1. The summed E-state index contributed by atoms with van der Waals surface area (Å²) in [4.78, 5) is 30.8. The van der Waals surface area contributed by atoms with Crippen LogP contribution in [0.2, 0.25) is 0 Å². The third kappa shape index (κ3) is 6.96. The minimum Gasteiger partial charge on any atom is -0.491 e. The molecule has 1 aliphatic heterocycles. The molecule has 1 aliphatic rings. The van der Waals surface area contributed by atoms with Crippen LogP contribution < -0.4 is 4.74 Å². The first kappa shape index (κ1) is 30.8. The number of thiazole rings is 1. The highest BCUT2D eigenvalue weighted by atomic mass is 32.1. The van der Waals surface area contributed by atoms with E-state index in [9.17, 15) is 14.7 Å². The zero-order chi connectivity index (χ0) is 30.9. The molecule has 7 nitrogen and oxygen atoms in total. The Labute approximate surface area is 258 Å². The number of rotatable bonds is 10. The smallest absolute Gasteiger partial charge is 0.309 e. The number of hydrogen-bond acceptors (Lipinski definition) is 5. The number of amides is 1. The Bertz CT molecular complexity index is 1600. The summed E-state index contributed by atoms with van der Waals surface area (Å²) in [6.07, 6.45) is 4.86. The highest BCUT2D eigenvalue weighted by Gasteiger charge is 2.32. The van der Waals surface area contributed by atoms with E-state index in [0.717, 1.165) is 70.0 Å². The maximum Gasteiger partial charge on any atom is 0.309 e. The Morgan fingerprint density at radius 3 is 2.47 bits per heavy atom. The zero-order valence-corrected chi connectivity index (χ0v) is 27.0. The van der Waals surface area contributed by atoms with Crippen LogP contribution in [0.15, 0.2) is 54.0 Å². The number of carboxylic acids is 1. The van der Waals surface area contributed by atoms with E-state index in [4.69, 9.17) is 4.74 Å². The van der Waals surface area contributed by atoms with E-state index in [1.165, 1.54) is 0 Å². The molecule has 43 heavy (non-hydrogen) atoms. The number of likely N-dealkylation sites (tertiary alicyclic amines) is 1. The summed E-state index contributed by atoms with van der Waals surface area (Å²) in [6.45, 7) is 13.8. The molecule has 0 radical (unpaired) electrons. The molecular formula is C35H43N3O4S. The molecular weight excluding hydrogens is 558 g/mol. The Balaban J connectivity index is 1.56. The topological polar surface area (TPSA) is 84.7 Å². The summed E-state index contributed by atoms with van der Waals surface area (Å²) in [5.74, 6) is 0.0454. The van der Waals surface area contributed by atoms with Crippen LogP contribution in [0.25, 0.3) is 21.5 Å². The van der Waals surface area contributed by atoms with Crippen molar-refractivity contribution in [2.45, 2.75) is 79.8 Å². The van der Waals surface area contributed by atoms with Crippen molar-refractivity contribution in [2.24, 2.45) is 10.8 Å². The van der Waals surface area contributed by atoms with Crippen molar-refractivity contribution < 1.29 is 19.4 Å². The van der Waals surface area contributed by atoms with Gasteiger partial charge in [0.2, 0.25) is 5.91 Å². The van der Waals surface area contributed by atoms with E-state index in [1.807, 2.05) is 22.5 Å². The van der Waals surface area contributed by atoms with Gasteiger partial charge in [-0.25, -0.2) is 4.98 Å². The summed E-state index contributed by atoms with van der Waals surface area (Å²) in [5.41, 5.74) is 4.53. The van der Waals surface area contributed by atoms with Crippen molar-refractivity contribution in [3.63, 3.8) is 0 Å². The van der Waals surface area contributed by atoms with Gasteiger partial charge in [0.05, 0.1) is 17.0 Å². The molecule has 1 saturated heterocycles. The molecule has 1 atom stereocenters. The Hall–Kier alpha value is -3.65. The molecule has 0 aliphatic carbocycles. The predicted octanol–water partition coefficient (Wildman–Crippen LogP) is 7.44. The molecule has 3 heterocycles. The Morgan fingerprint density at radius 1 is 1.09 bits per heavy atom. The fourth-order valence-corrected chi connectivity index (χ4v) is 6.69.